The normalized spacial score (nSPS) is 26.2. The van der Waals surface area contributed by atoms with Crippen LogP contribution in [0, 0.1) is 21.4 Å². The lowest BCUT2D eigenvalue weighted by atomic mass is 9.58. The summed E-state index contributed by atoms with van der Waals surface area (Å²) < 4.78 is 28.0. The van der Waals surface area contributed by atoms with Gasteiger partial charge in [-0.15, -0.1) is 0 Å². The molecular formula is C17H23N3O6S. The van der Waals surface area contributed by atoms with Crippen LogP contribution in [0.5, 0.6) is 0 Å². The van der Waals surface area contributed by atoms with Crippen LogP contribution in [0.25, 0.3) is 0 Å². The van der Waals surface area contributed by atoms with Crippen molar-refractivity contribution in [2.75, 3.05) is 19.6 Å². The molecule has 27 heavy (non-hydrogen) atoms. The Bertz CT molecular complexity index is 894. The van der Waals surface area contributed by atoms with Crippen molar-refractivity contribution in [2.45, 2.75) is 37.6 Å². The number of hydrogen-bond acceptors (Lipinski definition) is 5. The number of hydrogen-bond donors (Lipinski definition) is 1. The molecule has 0 aliphatic carbocycles. The van der Waals surface area contributed by atoms with Gasteiger partial charge in [0.05, 0.1) is 10.5 Å². The number of para-hydroxylation sites is 1. The first-order valence-corrected chi connectivity index (χ1v) is 10.1. The van der Waals surface area contributed by atoms with Gasteiger partial charge in [-0.25, -0.2) is 13.2 Å². The number of nitrogens with zero attached hydrogens (tertiary/aromatic N) is 3. The highest BCUT2D eigenvalue weighted by molar-refractivity contribution is 7.89. The van der Waals surface area contributed by atoms with Crippen LogP contribution in [0.1, 0.15) is 27.2 Å². The van der Waals surface area contributed by atoms with Crippen LogP contribution in [0.3, 0.4) is 0 Å². The highest BCUT2D eigenvalue weighted by Crippen LogP contribution is 2.55. The molecule has 1 aromatic rings. The van der Waals surface area contributed by atoms with Gasteiger partial charge in [-0.3, -0.25) is 10.1 Å². The Balaban J connectivity index is 2.11. The minimum atomic E-state index is -4.17. The molecule has 2 saturated heterocycles. The zero-order valence-electron chi connectivity index (χ0n) is 15.5. The van der Waals surface area contributed by atoms with E-state index in [2.05, 4.69) is 0 Å². The number of likely N-dealkylation sites (tertiary alicyclic amines) is 1. The van der Waals surface area contributed by atoms with Gasteiger partial charge in [-0.05, 0) is 23.8 Å². The van der Waals surface area contributed by atoms with Crippen LogP contribution in [-0.4, -0.2) is 58.9 Å². The summed E-state index contributed by atoms with van der Waals surface area (Å²) in [6.07, 6.45) is -0.529. The molecule has 1 aromatic carbocycles. The number of piperidine rings is 1. The second-order valence-corrected chi connectivity index (χ2v) is 9.96. The summed E-state index contributed by atoms with van der Waals surface area (Å²) >= 11 is 0. The molecular weight excluding hydrogens is 374 g/mol. The Morgan fingerprint density at radius 1 is 1.33 bits per heavy atom. The maximum atomic E-state index is 13.4. The zero-order valence-corrected chi connectivity index (χ0v) is 16.3. The Kier molecular flexibility index (Phi) is 4.47. The molecule has 1 amide bonds. The fourth-order valence-corrected chi connectivity index (χ4v) is 6.65. The summed E-state index contributed by atoms with van der Waals surface area (Å²) in [6.45, 7) is 6.29. The van der Waals surface area contributed by atoms with Crippen molar-refractivity contribution in [1.29, 1.82) is 0 Å². The number of carboxylic acid groups (broad SMARTS) is 1. The lowest BCUT2D eigenvalue weighted by Crippen LogP contribution is -2.79. The molecule has 0 radical (unpaired) electrons. The van der Waals surface area contributed by atoms with Crippen LogP contribution in [0.2, 0.25) is 0 Å². The minimum absolute atomic E-state index is 0.00523. The van der Waals surface area contributed by atoms with E-state index < -0.39 is 37.7 Å². The molecule has 10 heteroatoms. The number of benzene rings is 1. The largest absolute Gasteiger partial charge is 0.465 e. The van der Waals surface area contributed by atoms with Crippen molar-refractivity contribution in [3.8, 4) is 0 Å². The number of fused-ring (bicyclic) bond motifs is 1. The van der Waals surface area contributed by atoms with Crippen LogP contribution in [-0.2, 0) is 10.0 Å². The number of rotatable bonds is 3. The summed E-state index contributed by atoms with van der Waals surface area (Å²) in [4.78, 5) is 23.0. The molecule has 3 rings (SSSR count). The van der Waals surface area contributed by atoms with Gasteiger partial charge in [0, 0.05) is 25.7 Å². The van der Waals surface area contributed by atoms with E-state index in [1.165, 1.54) is 33.5 Å². The molecule has 2 heterocycles. The van der Waals surface area contributed by atoms with E-state index in [1.807, 2.05) is 20.8 Å². The molecule has 0 saturated carbocycles. The van der Waals surface area contributed by atoms with Crippen molar-refractivity contribution in [3.63, 3.8) is 0 Å². The first kappa shape index (κ1) is 19.6. The monoisotopic (exact) mass is 397 g/mol. The second-order valence-electron chi connectivity index (χ2n) is 8.12. The molecule has 148 valence electrons. The first-order valence-electron chi connectivity index (χ1n) is 8.67. The number of sulfonamides is 1. The Hall–Kier alpha value is -2.20. The lowest BCUT2D eigenvalue weighted by Gasteiger charge is -2.66. The predicted octanol–water partition coefficient (Wildman–Crippen LogP) is 2.38. The van der Waals surface area contributed by atoms with Gasteiger partial charge in [0.1, 0.15) is 0 Å². The molecule has 0 spiro atoms. The number of nitro groups is 1. The van der Waals surface area contributed by atoms with Crippen LogP contribution in [0.4, 0.5) is 10.5 Å². The lowest BCUT2D eigenvalue weighted by molar-refractivity contribution is -0.387. The van der Waals surface area contributed by atoms with E-state index >= 15 is 0 Å². The summed E-state index contributed by atoms with van der Waals surface area (Å²) in [7, 11) is -4.17. The Labute approximate surface area is 157 Å². The van der Waals surface area contributed by atoms with Gasteiger partial charge in [-0.1, -0.05) is 32.9 Å². The smallest absolute Gasteiger partial charge is 0.407 e. The summed E-state index contributed by atoms with van der Waals surface area (Å²) in [6, 6.07) is 5.26. The fraction of sp³-hybridized carbons (Fsp3) is 0.588. The third-order valence-electron chi connectivity index (χ3n) is 5.89. The Morgan fingerprint density at radius 2 is 1.96 bits per heavy atom. The van der Waals surface area contributed by atoms with E-state index in [9.17, 15) is 28.4 Å². The van der Waals surface area contributed by atoms with Gasteiger partial charge in [0.15, 0.2) is 4.90 Å². The van der Waals surface area contributed by atoms with Crippen LogP contribution < -0.4 is 0 Å². The standard InChI is InChI=1S/C17H23N3O6S/c1-16(2,3)17-11-18(15(21)22)9-8-12(17)10-19(17)27(25,26)14-7-5-4-6-13(14)20(23)24/h4-7,12H,8-11H2,1-3H3,(H,21,22)/t12-,17+/m0/s1. The van der Waals surface area contributed by atoms with E-state index in [-0.39, 0.29) is 23.9 Å². The third kappa shape index (κ3) is 2.78. The Morgan fingerprint density at radius 3 is 2.52 bits per heavy atom. The maximum Gasteiger partial charge on any atom is 0.407 e. The van der Waals surface area contributed by atoms with E-state index in [0.717, 1.165) is 0 Å². The van der Waals surface area contributed by atoms with E-state index in [4.69, 9.17) is 0 Å². The number of amides is 1. The number of carbonyl (C=O) groups is 1. The molecule has 0 unspecified atom stereocenters. The molecule has 2 aliphatic heterocycles. The molecule has 2 atom stereocenters. The SMILES string of the molecule is CC(C)(C)[C@@]12CN(C(=O)O)CC[C@H]1CN2S(=O)(=O)c1ccccc1[N+](=O)[O-]. The van der Waals surface area contributed by atoms with Crippen molar-refractivity contribution < 1.29 is 23.2 Å². The van der Waals surface area contributed by atoms with Crippen molar-refractivity contribution in [3.05, 3.63) is 34.4 Å². The molecule has 0 aromatic heterocycles. The third-order valence-corrected chi connectivity index (χ3v) is 7.84. The van der Waals surface area contributed by atoms with Gasteiger partial charge in [0.25, 0.3) is 15.7 Å². The van der Waals surface area contributed by atoms with E-state index in [0.29, 0.717) is 13.0 Å². The zero-order chi connectivity index (χ0) is 20.2. The number of nitro benzene ring substituents is 1. The van der Waals surface area contributed by atoms with Gasteiger partial charge in [0.2, 0.25) is 0 Å². The van der Waals surface area contributed by atoms with Gasteiger partial charge in [-0.2, -0.15) is 4.31 Å². The second kappa shape index (κ2) is 6.16. The molecule has 1 N–H and O–H groups in total. The van der Waals surface area contributed by atoms with E-state index in [1.54, 1.807) is 0 Å². The van der Waals surface area contributed by atoms with Gasteiger partial charge < -0.3 is 10.0 Å². The van der Waals surface area contributed by atoms with Crippen LogP contribution in [0.15, 0.2) is 29.2 Å². The molecule has 9 nitrogen and oxygen atoms in total. The van der Waals surface area contributed by atoms with Crippen molar-refractivity contribution >= 4 is 21.8 Å². The quantitative estimate of drug-likeness (QED) is 0.617. The topological polar surface area (TPSA) is 121 Å². The first-order chi connectivity index (χ1) is 12.4. The van der Waals surface area contributed by atoms with Crippen LogP contribution >= 0.6 is 0 Å². The highest BCUT2D eigenvalue weighted by Gasteiger charge is 2.66. The summed E-state index contributed by atoms with van der Waals surface area (Å²) in [5.74, 6) is 0.00523. The van der Waals surface area contributed by atoms with Gasteiger partial charge >= 0.3 is 6.09 Å². The highest BCUT2D eigenvalue weighted by atomic mass is 32.2. The van der Waals surface area contributed by atoms with Crippen molar-refractivity contribution in [1.82, 2.24) is 9.21 Å². The van der Waals surface area contributed by atoms with Crippen molar-refractivity contribution in [2.24, 2.45) is 11.3 Å². The summed E-state index contributed by atoms with van der Waals surface area (Å²) in [5, 5.41) is 20.8. The molecule has 0 bridgehead atoms. The predicted molar refractivity (Wildman–Crippen MR) is 96.9 cm³/mol. The maximum absolute atomic E-state index is 13.4. The average molecular weight is 397 g/mol. The average Bonchev–Trinajstić information content (AvgIpc) is 2.54. The molecule has 2 aliphatic rings. The minimum Gasteiger partial charge on any atom is -0.465 e. The fourth-order valence-electron chi connectivity index (χ4n) is 4.47. The summed E-state index contributed by atoms with van der Waals surface area (Å²) in [5.41, 5.74) is -1.97. The molecule has 2 fully saturated rings.